The van der Waals surface area contributed by atoms with E-state index in [4.69, 9.17) is 0 Å². The first kappa shape index (κ1) is 31.3. The minimum Gasteiger partial charge on any atom is -0.367 e. The number of anilines is 8. The number of rotatable bonds is 8. The smallest absolute Gasteiger partial charge is 0.229 e. The number of fused-ring (bicyclic) bond motifs is 2. The van der Waals surface area contributed by atoms with Crippen LogP contribution in [0.2, 0.25) is 0 Å². The summed E-state index contributed by atoms with van der Waals surface area (Å²) in [7, 11) is 0. The van der Waals surface area contributed by atoms with E-state index in [-0.39, 0.29) is 11.8 Å². The highest BCUT2D eigenvalue weighted by molar-refractivity contribution is 5.95. The molecule has 0 bridgehead atoms. The van der Waals surface area contributed by atoms with Crippen molar-refractivity contribution in [3.8, 4) is 0 Å². The van der Waals surface area contributed by atoms with Gasteiger partial charge < -0.3 is 31.9 Å². The summed E-state index contributed by atoms with van der Waals surface area (Å²) in [6.45, 7) is 4.01. The van der Waals surface area contributed by atoms with Crippen LogP contribution < -0.4 is 31.9 Å². The van der Waals surface area contributed by atoms with Crippen LogP contribution in [-0.2, 0) is 22.4 Å². The summed E-state index contributed by atoms with van der Waals surface area (Å²) >= 11 is 0. The lowest BCUT2D eigenvalue weighted by Crippen LogP contribution is -2.28. The molecule has 2 fully saturated rings. The molecule has 12 nitrogen and oxygen atoms in total. The lowest BCUT2D eigenvalue weighted by atomic mass is 9.93. The number of nitrogens with zero attached hydrogens (tertiary/aromatic N) is 4. The molecule has 6 N–H and O–H groups in total. The molecular formula is C36H42N10O2. The molecule has 2 aromatic carbocycles. The van der Waals surface area contributed by atoms with Crippen molar-refractivity contribution in [2.75, 3.05) is 31.9 Å². The summed E-state index contributed by atoms with van der Waals surface area (Å²) in [6, 6.07) is 12.9. The van der Waals surface area contributed by atoms with Gasteiger partial charge in [0, 0.05) is 71.2 Å². The zero-order valence-corrected chi connectivity index (χ0v) is 27.4. The zero-order chi connectivity index (χ0) is 33.0. The van der Waals surface area contributed by atoms with E-state index in [9.17, 15) is 9.59 Å². The van der Waals surface area contributed by atoms with Gasteiger partial charge in [-0.2, -0.15) is 9.97 Å². The van der Waals surface area contributed by atoms with Gasteiger partial charge in [0.1, 0.15) is 11.6 Å². The van der Waals surface area contributed by atoms with E-state index >= 15 is 0 Å². The van der Waals surface area contributed by atoms with Crippen molar-refractivity contribution in [3.63, 3.8) is 0 Å². The summed E-state index contributed by atoms with van der Waals surface area (Å²) < 4.78 is 0. The van der Waals surface area contributed by atoms with Crippen LogP contribution in [0.15, 0.2) is 48.8 Å². The minimum absolute atomic E-state index is 0.0804. The molecule has 0 unspecified atom stereocenters. The van der Waals surface area contributed by atoms with Gasteiger partial charge in [0.05, 0.1) is 0 Å². The second kappa shape index (κ2) is 13.8. The van der Waals surface area contributed by atoms with Crippen LogP contribution in [0.4, 0.5) is 46.3 Å². The molecule has 4 heterocycles. The molecule has 2 aliphatic carbocycles. The first-order chi connectivity index (χ1) is 23.3. The highest BCUT2D eigenvalue weighted by atomic mass is 16.2. The van der Waals surface area contributed by atoms with Crippen molar-refractivity contribution in [2.24, 2.45) is 0 Å². The Morgan fingerprint density at radius 2 is 1.15 bits per heavy atom. The number of nitrogens with one attached hydrogen (secondary N) is 6. The van der Waals surface area contributed by atoms with Crippen molar-refractivity contribution in [3.05, 3.63) is 71.0 Å². The van der Waals surface area contributed by atoms with Gasteiger partial charge in [0.15, 0.2) is 0 Å². The fourth-order valence-electron chi connectivity index (χ4n) is 5.96. The largest absolute Gasteiger partial charge is 0.367 e. The SMILES string of the molecule is Cc1cnc(NC2CCC2)nc1Nc1ccc2c(c1)CCC(=O)N2.Cc1cnc(Nc2ccc3c(c2)CCC(=O)N3)nc1NC1CCC1. The Bertz CT molecular complexity index is 1840. The standard InChI is InChI=1S/2C18H21N5O/c1-11-10-19-18(21-13-3-2-4-13)23-17(11)20-14-6-7-15-12(9-14)5-8-16(24)22-15;1-11-10-19-18(23-17(11)20-13-3-2-4-13)21-14-6-7-15-12(9-14)5-8-16(24)22-15/h2*6-7,9-10,13H,2-5,8H2,1H3,(H,22,24)(H2,19,20,21,23). The minimum atomic E-state index is 0.0804. The van der Waals surface area contributed by atoms with Crippen LogP contribution in [0, 0.1) is 13.8 Å². The van der Waals surface area contributed by atoms with E-state index < -0.39 is 0 Å². The molecular weight excluding hydrogens is 604 g/mol. The lowest BCUT2D eigenvalue weighted by molar-refractivity contribution is -0.117. The van der Waals surface area contributed by atoms with Gasteiger partial charge in [-0.05, 0) is 113 Å². The number of aromatic nitrogens is 4. The summed E-state index contributed by atoms with van der Waals surface area (Å²) in [6.07, 6.45) is 13.7. The number of carbonyl (C=O) groups is 2. The maximum Gasteiger partial charge on any atom is 0.229 e. The molecule has 0 atom stereocenters. The Morgan fingerprint density at radius 1 is 0.625 bits per heavy atom. The third-order valence-electron chi connectivity index (χ3n) is 9.35. The van der Waals surface area contributed by atoms with Crippen LogP contribution in [0.25, 0.3) is 0 Å². The van der Waals surface area contributed by atoms with E-state index in [1.807, 2.05) is 50.5 Å². The van der Waals surface area contributed by atoms with E-state index in [0.717, 1.165) is 69.5 Å². The first-order valence-corrected chi connectivity index (χ1v) is 16.9. The number of hydrogen-bond acceptors (Lipinski definition) is 10. The van der Waals surface area contributed by atoms with Crippen molar-refractivity contribution in [1.29, 1.82) is 0 Å². The van der Waals surface area contributed by atoms with Gasteiger partial charge >= 0.3 is 0 Å². The molecule has 2 amide bonds. The molecule has 2 saturated carbocycles. The molecule has 2 aromatic heterocycles. The third kappa shape index (κ3) is 7.48. The topological polar surface area (TPSA) is 158 Å². The molecule has 2 aliphatic heterocycles. The maximum absolute atomic E-state index is 11.5. The Kier molecular flexibility index (Phi) is 9.04. The molecule has 4 aromatic rings. The molecule has 8 rings (SSSR count). The fourth-order valence-corrected chi connectivity index (χ4v) is 5.96. The third-order valence-corrected chi connectivity index (χ3v) is 9.35. The van der Waals surface area contributed by atoms with Crippen molar-refractivity contribution >= 4 is 58.1 Å². The van der Waals surface area contributed by atoms with Gasteiger partial charge in [-0.25, -0.2) is 9.97 Å². The number of benzene rings is 2. The van der Waals surface area contributed by atoms with E-state index in [2.05, 4.69) is 64.0 Å². The van der Waals surface area contributed by atoms with Crippen molar-refractivity contribution in [1.82, 2.24) is 19.9 Å². The highest BCUT2D eigenvalue weighted by Gasteiger charge is 2.20. The van der Waals surface area contributed by atoms with Crippen LogP contribution >= 0.6 is 0 Å². The molecule has 0 radical (unpaired) electrons. The quantitative estimate of drug-likeness (QED) is 0.121. The monoisotopic (exact) mass is 646 g/mol. The van der Waals surface area contributed by atoms with E-state index in [0.29, 0.717) is 36.8 Å². The van der Waals surface area contributed by atoms with Crippen LogP contribution in [-0.4, -0.2) is 43.8 Å². The van der Waals surface area contributed by atoms with Gasteiger partial charge in [-0.1, -0.05) is 0 Å². The summed E-state index contributed by atoms with van der Waals surface area (Å²) in [5.74, 6) is 3.15. The Balaban J connectivity index is 0.000000152. The highest BCUT2D eigenvalue weighted by Crippen LogP contribution is 2.30. The normalized spacial score (nSPS) is 16.8. The lowest BCUT2D eigenvalue weighted by Gasteiger charge is -2.27. The average Bonchev–Trinajstić information content (AvgIpc) is 3.04. The van der Waals surface area contributed by atoms with Gasteiger partial charge in [-0.3, -0.25) is 9.59 Å². The van der Waals surface area contributed by atoms with E-state index in [1.165, 1.54) is 38.5 Å². The summed E-state index contributed by atoms with van der Waals surface area (Å²) in [4.78, 5) is 40.9. The molecule has 4 aliphatic rings. The van der Waals surface area contributed by atoms with Crippen molar-refractivity contribution < 1.29 is 9.59 Å². The zero-order valence-electron chi connectivity index (χ0n) is 27.4. The van der Waals surface area contributed by atoms with Crippen LogP contribution in [0.1, 0.15) is 73.6 Å². The predicted molar refractivity (Wildman–Crippen MR) is 189 cm³/mol. The summed E-state index contributed by atoms with van der Waals surface area (Å²) in [5.41, 5.74) is 8.06. The predicted octanol–water partition coefficient (Wildman–Crippen LogP) is 6.76. The summed E-state index contributed by atoms with van der Waals surface area (Å²) in [5, 5.41) is 19.3. The Labute approximate surface area is 280 Å². The number of carbonyl (C=O) groups excluding carboxylic acids is 2. The van der Waals surface area contributed by atoms with Crippen molar-refractivity contribution in [2.45, 2.75) is 90.1 Å². The molecule has 48 heavy (non-hydrogen) atoms. The second-order valence-corrected chi connectivity index (χ2v) is 13.1. The first-order valence-electron chi connectivity index (χ1n) is 16.9. The second-order valence-electron chi connectivity index (χ2n) is 13.1. The number of hydrogen-bond donors (Lipinski definition) is 6. The molecule has 0 spiro atoms. The number of amides is 2. The van der Waals surface area contributed by atoms with Crippen LogP contribution in [0.5, 0.6) is 0 Å². The molecule has 0 saturated heterocycles. The fraction of sp³-hybridized carbons (Fsp3) is 0.389. The van der Waals surface area contributed by atoms with Gasteiger partial charge in [0.25, 0.3) is 0 Å². The van der Waals surface area contributed by atoms with Gasteiger partial charge in [0.2, 0.25) is 23.7 Å². The Morgan fingerprint density at radius 3 is 1.73 bits per heavy atom. The van der Waals surface area contributed by atoms with Crippen LogP contribution in [0.3, 0.4) is 0 Å². The molecule has 248 valence electrons. The average molecular weight is 647 g/mol. The van der Waals surface area contributed by atoms with E-state index in [1.54, 1.807) is 0 Å². The van der Waals surface area contributed by atoms with Gasteiger partial charge in [-0.15, -0.1) is 0 Å². The maximum atomic E-state index is 11.5. The Hall–Kier alpha value is -5.26. The number of aryl methyl sites for hydroxylation is 4. The molecule has 12 heteroatoms.